The molecule has 1 fully saturated rings. The standard InChI is InChI=1S/C23H32N4/c1-24-23(25-16-20-10-7-11-21(15-20)17-26(2)3)27-13-12-22(18-27)14-19-8-5-4-6-9-19/h4-11,15,22H,12-14,16-18H2,1-3H3,(H,24,25). The van der Waals surface area contributed by atoms with Gasteiger partial charge >= 0.3 is 0 Å². The molecular weight excluding hydrogens is 332 g/mol. The van der Waals surface area contributed by atoms with E-state index in [-0.39, 0.29) is 0 Å². The van der Waals surface area contributed by atoms with E-state index in [9.17, 15) is 0 Å². The predicted molar refractivity (Wildman–Crippen MR) is 114 cm³/mol. The van der Waals surface area contributed by atoms with Crippen LogP contribution in [0.2, 0.25) is 0 Å². The van der Waals surface area contributed by atoms with Crippen LogP contribution in [-0.4, -0.2) is 50.0 Å². The van der Waals surface area contributed by atoms with Crippen molar-refractivity contribution in [1.82, 2.24) is 15.1 Å². The van der Waals surface area contributed by atoms with Gasteiger partial charge in [-0.1, -0.05) is 54.6 Å². The Kier molecular flexibility index (Phi) is 6.88. The lowest BCUT2D eigenvalue weighted by Crippen LogP contribution is -2.39. The van der Waals surface area contributed by atoms with Crippen LogP contribution >= 0.6 is 0 Å². The highest BCUT2D eigenvalue weighted by molar-refractivity contribution is 5.80. The van der Waals surface area contributed by atoms with E-state index in [2.05, 4.69) is 88.8 Å². The summed E-state index contributed by atoms with van der Waals surface area (Å²) in [6.07, 6.45) is 2.38. The maximum atomic E-state index is 4.52. The second-order valence-electron chi connectivity index (χ2n) is 7.75. The van der Waals surface area contributed by atoms with Crippen LogP contribution in [0, 0.1) is 5.92 Å². The molecule has 1 heterocycles. The van der Waals surface area contributed by atoms with E-state index >= 15 is 0 Å². The number of nitrogens with one attached hydrogen (secondary N) is 1. The first-order chi connectivity index (χ1) is 13.1. The van der Waals surface area contributed by atoms with Crippen molar-refractivity contribution in [3.8, 4) is 0 Å². The van der Waals surface area contributed by atoms with Crippen LogP contribution in [0.25, 0.3) is 0 Å². The van der Waals surface area contributed by atoms with Crippen molar-refractivity contribution in [2.24, 2.45) is 10.9 Å². The maximum Gasteiger partial charge on any atom is 0.193 e. The molecule has 0 saturated carbocycles. The van der Waals surface area contributed by atoms with Crippen LogP contribution in [0.3, 0.4) is 0 Å². The number of rotatable bonds is 6. The molecule has 0 aliphatic carbocycles. The van der Waals surface area contributed by atoms with Crippen molar-refractivity contribution < 1.29 is 0 Å². The second-order valence-corrected chi connectivity index (χ2v) is 7.75. The van der Waals surface area contributed by atoms with Crippen molar-refractivity contribution in [3.05, 3.63) is 71.3 Å². The van der Waals surface area contributed by atoms with Gasteiger partial charge in [0, 0.05) is 33.2 Å². The number of likely N-dealkylation sites (tertiary alicyclic amines) is 1. The van der Waals surface area contributed by atoms with Gasteiger partial charge in [-0.25, -0.2) is 0 Å². The van der Waals surface area contributed by atoms with Gasteiger partial charge in [0.1, 0.15) is 0 Å². The summed E-state index contributed by atoms with van der Waals surface area (Å²) in [5.41, 5.74) is 4.08. The lowest BCUT2D eigenvalue weighted by molar-refractivity contribution is 0.402. The number of guanidine groups is 1. The minimum Gasteiger partial charge on any atom is -0.352 e. The minimum atomic E-state index is 0.703. The molecule has 4 nitrogen and oxygen atoms in total. The highest BCUT2D eigenvalue weighted by Crippen LogP contribution is 2.21. The van der Waals surface area contributed by atoms with Crippen LogP contribution in [0.5, 0.6) is 0 Å². The van der Waals surface area contributed by atoms with Gasteiger partial charge < -0.3 is 15.1 Å². The average Bonchev–Trinajstić information content (AvgIpc) is 3.11. The van der Waals surface area contributed by atoms with E-state index in [0.29, 0.717) is 5.92 Å². The summed E-state index contributed by atoms with van der Waals surface area (Å²) in [7, 11) is 6.09. The van der Waals surface area contributed by atoms with E-state index in [4.69, 9.17) is 0 Å². The van der Waals surface area contributed by atoms with Gasteiger partial charge in [-0.2, -0.15) is 0 Å². The summed E-state index contributed by atoms with van der Waals surface area (Å²) in [5.74, 6) is 1.72. The monoisotopic (exact) mass is 364 g/mol. The SMILES string of the molecule is CN=C(NCc1cccc(CN(C)C)c1)N1CCC(Cc2ccccc2)C1. The Morgan fingerprint density at radius 1 is 1.07 bits per heavy atom. The Balaban J connectivity index is 1.52. The Bertz CT molecular complexity index is 739. The van der Waals surface area contributed by atoms with Crippen molar-refractivity contribution in [3.63, 3.8) is 0 Å². The number of hydrogen-bond donors (Lipinski definition) is 1. The second kappa shape index (κ2) is 9.56. The lowest BCUT2D eigenvalue weighted by atomic mass is 9.99. The van der Waals surface area contributed by atoms with Gasteiger partial charge in [-0.05, 0) is 49.5 Å². The van der Waals surface area contributed by atoms with E-state index in [1.165, 1.54) is 23.1 Å². The third kappa shape index (κ3) is 5.83. The summed E-state index contributed by atoms with van der Waals surface area (Å²) < 4.78 is 0. The number of nitrogens with zero attached hydrogens (tertiary/aromatic N) is 3. The Morgan fingerprint density at radius 2 is 1.81 bits per heavy atom. The summed E-state index contributed by atoms with van der Waals surface area (Å²) >= 11 is 0. The Hall–Kier alpha value is -2.33. The molecule has 0 spiro atoms. The van der Waals surface area contributed by atoms with Crippen LogP contribution in [0.15, 0.2) is 59.6 Å². The number of aliphatic imine (C=N–C) groups is 1. The van der Waals surface area contributed by atoms with E-state index in [0.717, 1.165) is 38.6 Å². The predicted octanol–water partition coefficient (Wildman–Crippen LogP) is 3.39. The van der Waals surface area contributed by atoms with E-state index in [1.807, 2.05) is 7.05 Å². The van der Waals surface area contributed by atoms with Crippen LogP contribution in [-0.2, 0) is 19.5 Å². The molecule has 1 N–H and O–H groups in total. The van der Waals surface area contributed by atoms with Gasteiger partial charge in [-0.3, -0.25) is 4.99 Å². The molecule has 0 bridgehead atoms. The molecule has 27 heavy (non-hydrogen) atoms. The summed E-state index contributed by atoms with van der Waals surface area (Å²) in [4.78, 5) is 9.12. The molecular formula is C23H32N4. The number of hydrogen-bond acceptors (Lipinski definition) is 2. The third-order valence-corrected chi connectivity index (χ3v) is 5.11. The van der Waals surface area contributed by atoms with Gasteiger partial charge in [0.25, 0.3) is 0 Å². The maximum absolute atomic E-state index is 4.52. The zero-order chi connectivity index (χ0) is 19.1. The van der Waals surface area contributed by atoms with Crippen LogP contribution in [0.1, 0.15) is 23.1 Å². The fraction of sp³-hybridized carbons (Fsp3) is 0.435. The lowest BCUT2D eigenvalue weighted by Gasteiger charge is -2.22. The topological polar surface area (TPSA) is 30.9 Å². The smallest absolute Gasteiger partial charge is 0.193 e. The zero-order valence-corrected chi connectivity index (χ0v) is 16.9. The van der Waals surface area contributed by atoms with Gasteiger partial charge in [-0.15, -0.1) is 0 Å². The molecule has 0 amide bonds. The molecule has 1 aliphatic rings. The van der Waals surface area contributed by atoms with Gasteiger partial charge in [0.15, 0.2) is 5.96 Å². The molecule has 0 aromatic heterocycles. The van der Waals surface area contributed by atoms with Crippen LogP contribution < -0.4 is 5.32 Å². The zero-order valence-electron chi connectivity index (χ0n) is 16.9. The molecule has 0 radical (unpaired) electrons. The van der Waals surface area contributed by atoms with Gasteiger partial charge in [0.05, 0.1) is 0 Å². The van der Waals surface area contributed by atoms with Crippen molar-refractivity contribution >= 4 is 5.96 Å². The van der Waals surface area contributed by atoms with Crippen molar-refractivity contribution in [1.29, 1.82) is 0 Å². The van der Waals surface area contributed by atoms with Crippen molar-refractivity contribution in [2.75, 3.05) is 34.2 Å². The molecule has 2 aromatic carbocycles. The highest BCUT2D eigenvalue weighted by atomic mass is 15.3. The number of benzene rings is 2. The quantitative estimate of drug-likeness (QED) is 0.630. The third-order valence-electron chi connectivity index (χ3n) is 5.11. The van der Waals surface area contributed by atoms with Gasteiger partial charge in [0.2, 0.25) is 0 Å². The fourth-order valence-corrected chi connectivity index (χ4v) is 3.86. The molecule has 4 heteroatoms. The van der Waals surface area contributed by atoms with E-state index < -0.39 is 0 Å². The largest absolute Gasteiger partial charge is 0.352 e. The minimum absolute atomic E-state index is 0.703. The molecule has 2 aromatic rings. The van der Waals surface area contributed by atoms with E-state index in [1.54, 1.807) is 0 Å². The molecule has 144 valence electrons. The highest BCUT2D eigenvalue weighted by Gasteiger charge is 2.24. The summed E-state index contributed by atoms with van der Waals surface area (Å²) in [6.45, 7) is 3.94. The Morgan fingerprint density at radius 3 is 2.56 bits per heavy atom. The molecule has 3 rings (SSSR count). The molecule has 1 aliphatic heterocycles. The van der Waals surface area contributed by atoms with Crippen LogP contribution in [0.4, 0.5) is 0 Å². The first-order valence-electron chi connectivity index (χ1n) is 9.86. The molecule has 1 unspecified atom stereocenters. The average molecular weight is 365 g/mol. The van der Waals surface area contributed by atoms with Crippen molar-refractivity contribution in [2.45, 2.75) is 25.9 Å². The molecule has 1 saturated heterocycles. The summed E-state index contributed by atoms with van der Waals surface area (Å²) in [6, 6.07) is 19.6. The summed E-state index contributed by atoms with van der Waals surface area (Å²) in [5, 5.41) is 3.55. The first-order valence-corrected chi connectivity index (χ1v) is 9.86. The normalized spacial score (nSPS) is 17.6. The Labute approximate surface area is 163 Å². The fourth-order valence-electron chi connectivity index (χ4n) is 3.86. The molecule has 1 atom stereocenters. The first kappa shape index (κ1) is 19.4.